The molecule has 3 fully saturated rings. The van der Waals surface area contributed by atoms with Crippen molar-refractivity contribution in [1.82, 2.24) is 65.8 Å². The molecule has 0 bridgehead atoms. The lowest BCUT2D eigenvalue weighted by Crippen LogP contribution is -2.54. The van der Waals surface area contributed by atoms with Crippen molar-refractivity contribution in [2.45, 2.75) is 49.6 Å². The van der Waals surface area contributed by atoms with Gasteiger partial charge in [-0.15, -0.1) is 0 Å². The van der Waals surface area contributed by atoms with Crippen molar-refractivity contribution in [2.24, 2.45) is 0 Å². The third kappa shape index (κ3) is 4.01. The number of hydrogen-bond acceptors (Lipinski definition) is 12. The van der Waals surface area contributed by atoms with E-state index >= 15 is 0 Å². The summed E-state index contributed by atoms with van der Waals surface area (Å²) >= 11 is 0. The van der Waals surface area contributed by atoms with Gasteiger partial charge in [0.1, 0.15) is 0 Å². The standard InChI is InChI=1S/C14H28N12/c1-2-4-10(5-3-1)14(13-19-25-26-20-13,8-6-11-15-21-22-16-11)9-7-12-17-23-24-18-12/h1-5,11-13,15-26H,6-9H2. The molecule has 0 saturated carbocycles. The Morgan fingerprint density at radius 1 is 0.615 bits per heavy atom. The summed E-state index contributed by atoms with van der Waals surface area (Å²) in [6, 6.07) is 10.7. The molecule has 0 radical (unpaired) electrons. The van der Waals surface area contributed by atoms with Crippen LogP contribution in [0.5, 0.6) is 0 Å². The quantitative estimate of drug-likeness (QED) is 0.226. The van der Waals surface area contributed by atoms with E-state index in [0.29, 0.717) is 0 Å². The van der Waals surface area contributed by atoms with Gasteiger partial charge in [-0.3, -0.25) is 0 Å². The molecule has 144 valence electrons. The first-order valence-corrected chi connectivity index (χ1v) is 8.96. The van der Waals surface area contributed by atoms with Crippen LogP contribution in [0.2, 0.25) is 0 Å². The zero-order valence-corrected chi connectivity index (χ0v) is 14.4. The van der Waals surface area contributed by atoms with Crippen LogP contribution in [0.4, 0.5) is 0 Å². The molecule has 1 aromatic rings. The highest BCUT2D eigenvalue weighted by Crippen LogP contribution is 2.38. The average molecular weight is 364 g/mol. The third-order valence-corrected chi connectivity index (χ3v) is 5.27. The van der Waals surface area contributed by atoms with Gasteiger partial charge in [0.2, 0.25) is 0 Å². The van der Waals surface area contributed by atoms with Gasteiger partial charge < -0.3 is 0 Å². The van der Waals surface area contributed by atoms with E-state index in [1.165, 1.54) is 5.56 Å². The fourth-order valence-electron chi connectivity index (χ4n) is 3.83. The number of nitrogens with one attached hydrogen (secondary N) is 12. The fourth-order valence-corrected chi connectivity index (χ4v) is 3.83. The van der Waals surface area contributed by atoms with E-state index < -0.39 is 0 Å². The normalized spacial score (nSPS) is 23.2. The molecule has 0 aliphatic carbocycles. The van der Waals surface area contributed by atoms with Gasteiger partial charge in [-0.2, -0.15) is 33.2 Å². The average Bonchev–Trinajstić information content (AvgIpc) is 3.46. The minimum Gasteiger partial charge on any atom is -0.225 e. The van der Waals surface area contributed by atoms with Crippen molar-refractivity contribution >= 4 is 0 Å². The van der Waals surface area contributed by atoms with Gasteiger partial charge in [-0.05, 0) is 31.2 Å². The Labute approximate surface area is 152 Å². The molecule has 12 N–H and O–H groups in total. The second kappa shape index (κ2) is 8.62. The number of hydrazine groups is 9. The molecular weight excluding hydrogens is 336 g/mol. The lowest BCUT2D eigenvalue weighted by Gasteiger charge is -2.40. The van der Waals surface area contributed by atoms with Crippen LogP contribution in [0, 0.1) is 0 Å². The highest BCUT2D eigenvalue weighted by molar-refractivity contribution is 5.28. The lowest BCUT2D eigenvalue weighted by atomic mass is 9.70. The maximum absolute atomic E-state index is 3.33. The van der Waals surface area contributed by atoms with Gasteiger partial charge in [-0.1, -0.05) is 30.3 Å². The molecule has 3 saturated heterocycles. The Hall–Kier alpha value is -1.26. The highest BCUT2D eigenvalue weighted by atomic mass is 15.8. The van der Waals surface area contributed by atoms with E-state index in [4.69, 9.17) is 0 Å². The van der Waals surface area contributed by atoms with E-state index in [0.717, 1.165) is 25.7 Å². The SMILES string of the molecule is c1ccc(C(CCC2NNNN2)(CCC2NNNN2)C2NNNN2)cc1. The summed E-state index contributed by atoms with van der Waals surface area (Å²) in [7, 11) is 0. The van der Waals surface area contributed by atoms with Crippen LogP contribution in [0.3, 0.4) is 0 Å². The van der Waals surface area contributed by atoms with Crippen molar-refractivity contribution in [3.05, 3.63) is 35.9 Å². The molecule has 3 aliphatic heterocycles. The molecule has 26 heavy (non-hydrogen) atoms. The maximum atomic E-state index is 3.33. The van der Waals surface area contributed by atoms with Crippen LogP contribution in [0.25, 0.3) is 0 Å². The van der Waals surface area contributed by atoms with Crippen molar-refractivity contribution in [3.63, 3.8) is 0 Å². The molecule has 4 rings (SSSR count). The number of hydrogen-bond donors (Lipinski definition) is 12. The summed E-state index contributed by atoms with van der Waals surface area (Å²) in [5, 5.41) is 0. The molecule has 3 aliphatic rings. The van der Waals surface area contributed by atoms with Crippen LogP contribution in [0.15, 0.2) is 30.3 Å². The molecule has 0 amide bonds. The molecule has 0 atom stereocenters. The molecule has 0 unspecified atom stereocenters. The zero-order chi connectivity index (χ0) is 17.7. The maximum Gasteiger partial charge on any atom is 0.0955 e. The summed E-state index contributed by atoms with van der Waals surface area (Å²) in [5.74, 6) is 0. The van der Waals surface area contributed by atoms with Crippen molar-refractivity contribution in [2.75, 3.05) is 0 Å². The van der Waals surface area contributed by atoms with Crippen molar-refractivity contribution < 1.29 is 0 Å². The Bertz CT molecular complexity index is 518. The Morgan fingerprint density at radius 3 is 1.58 bits per heavy atom. The minimum absolute atomic E-state index is 0.0366. The fraction of sp³-hybridized carbons (Fsp3) is 0.571. The molecule has 3 heterocycles. The van der Waals surface area contributed by atoms with Crippen molar-refractivity contribution in [1.29, 1.82) is 0 Å². The van der Waals surface area contributed by atoms with Crippen LogP contribution in [-0.2, 0) is 5.41 Å². The first-order valence-electron chi connectivity index (χ1n) is 8.96. The van der Waals surface area contributed by atoms with Crippen molar-refractivity contribution in [3.8, 4) is 0 Å². The number of rotatable bonds is 8. The second-order valence-electron chi connectivity index (χ2n) is 6.75. The van der Waals surface area contributed by atoms with Crippen LogP contribution < -0.4 is 65.8 Å². The summed E-state index contributed by atoms with van der Waals surface area (Å²) in [4.78, 5) is 0. The zero-order valence-electron chi connectivity index (χ0n) is 14.4. The molecule has 0 spiro atoms. The summed E-state index contributed by atoms with van der Waals surface area (Å²) in [6.45, 7) is 0. The van der Waals surface area contributed by atoms with E-state index in [9.17, 15) is 0 Å². The van der Waals surface area contributed by atoms with E-state index in [-0.39, 0.29) is 23.9 Å². The summed E-state index contributed by atoms with van der Waals surface area (Å²) in [6.07, 6.45) is 4.17. The second-order valence-corrected chi connectivity index (χ2v) is 6.75. The first-order chi connectivity index (χ1) is 12.9. The smallest absolute Gasteiger partial charge is 0.0955 e. The Kier molecular flexibility index (Phi) is 6.01. The monoisotopic (exact) mass is 364 g/mol. The lowest BCUT2D eigenvalue weighted by molar-refractivity contribution is 0.215. The van der Waals surface area contributed by atoms with E-state index in [1.807, 2.05) is 0 Å². The molecule has 0 aromatic heterocycles. The van der Waals surface area contributed by atoms with E-state index in [2.05, 4.69) is 96.1 Å². The molecular formula is C14H28N12. The van der Waals surface area contributed by atoms with Crippen LogP contribution in [0.1, 0.15) is 31.2 Å². The summed E-state index contributed by atoms with van der Waals surface area (Å²) in [5.41, 5.74) is 38.1. The molecule has 12 nitrogen and oxygen atoms in total. The molecule has 1 aromatic carbocycles. The predicted molar refractivity (Wildman–Crippen MR) is 95.6 cm³/mol. The van der Waals surface area contributed by atoms with Gasteiger partial charge >= 0.3 is 0 Å². The first kappa shape index (κ1) is 18.1. The third-order valence-electron chi connectivity index (χ3n) is 5.27. The highest BCUT2D eigenvalue weighted by Gasteiger charge is 2.42. The Balaban J connectivity index is 1.56. The number of benzene rings is 1. The van der Waals surface area contributed by atoms with E-state index in [1.54, 1.807) is 0 Å². The molecule has 12 heteroatoms. The van der Waals surface area contributed by atoms with Crippen LogP contribution in [-0.4, -0.2) is 18.5 Å². The van der Waals surface area contributed by atoms with Gasteiger partial charge in [0.25, 0.3) is 0 Å². The largest absolute Gasteiger partial charge is 0.225 e. The van der Waals surface area contributed by atoms with Gasteiger partial charge in [-0.25, -0.2) is 32.6 Å². The predicted octanol–water partition coefficient (Wildman–Crippen LogP) is -3.19. The van der Waals surface area contributed by atoms with Gasteiger partial charge in [0.15, 0.2) is 0 Å². The van der Waals surface area contributed by atoms with Crippen LogP contribution >= 0.6 is 0 Å². The summed E-state index contributed by atoms with van der Waals surface area (Å²) < 4.78 is 0. The van der Waals surface area contributed by atoms with Gasteiger partial charge in [0.05, 0.1) is 18.5 Å². The Morgan fingerprint density at radius 2 is 1.08 bits per heavy atom. The minimum atomic E-state index is -0.129. The van der Waals surface area contributed by atoms with Gasteiger partial charge in [0, 0.05) is 5.41 Å². The topological polar surface area (TPSA) is 144 Å².